The second-order valence-corrected chi connectivity index (χ2v) is 5.60. The summed E-state index contributed by atoms with van der Waals surface area (Å²) in [5.41, 5.74) is 0.147. The first-order valence-corrected chi connectivity index (χ1v) is 7.75. The number of benzene rings is 2. The van der Waals surface area contributed by atoms with Crippen molar-refractivity contribution in [3.05, 3.63) is 87.1 Å². The van der Waals surface area contributed by atoms with E-state index in [0.29, 0.717) is 16.5 Å². The van der Waals surface area contributed by atoms with Crippen molar-refractivity contribution in [2.75, 3.05) is 0 Å². The zero-order valence-corrected chi connectivity index (χ0v) is 13.1. The Balaban J connectivity index is 1.92. The number of nitrogens with zero attached hydrogens (tertiary/aromatic N) is 2. The van der Waals surface area contributed by atoms with Crippen molar-refractivity contribution >= 4 is 28.1 Å². The molecule has 0 aliphatic carbocycles. The summed E-state index contributed by atoms with van der Waals surface area (Å²) in [7, 11) is 0. The molecule has 4 rings (SSSR count). The maximum atomic E-state index is 12.4. The molecule has 0 aliphatic rings. The molecule has 124 valence electrons. The predicted octanol–water partition coefficient (Wildman–Crippen LogP) is 2.86. The molecule has 0 aliphatic heterocycles. The van der Waals surface area contributed by atoms with Crippen LogP contribution in [0.3, 0.4) is 0 Å². The lowest BCUT2D eigenvalue weighted by Gasteiger charge is -2.05. The van der Waals surface area contributed by atoms with Crippen LogP contribution in [-0.4, -0.2) is 14.5 Å². The van der Waals surface area contributed by atoms with Gasteiger partial charge in [0.25, 0.3) is 0 Å². The minimum Gasteiger partial charge on any atom is -0.448 e. The van der Waals surface area contributed by atoms with Crippen LogP contribution in [0.15, 0.2) is 74.7 Å². The smallest absolute Gasteiger partial charge is 0.365 e. The highest BCUT2D eigenvalue weighted by atomic mass is 16.5. The van der Waals surface area contributed by atoms with Gasteiger partial charge in [0.05, 0.1) is 0 Å². The third-order valence-corrected chi connectivity index (χ3v) is 4.04. The number of allylic oxidation sites excluding steroid dienone is 1. The van der Waals surface area contributed by atoms with Gasteiger partial charge in [-0.2, -0.15) is 0 Å². The highest BCUT2D eigenvalue weighted by molar-refractivity contribution is 6.02. The van der Waals surface area contributed by atoms with Crippen molar-refractivity contribution in [2.24, 2.45) is 0 Å². The van der Waals surface area contributed by atoms with Crippen LogP contribution in [0.4, 0.5) is 0 Å². The largest absolute Gasteiger partial charge is 0.448 e. The van der Waals surface area contributed by atoms with Crippen LogP contribution in [-0.2, 0) is 6.54 Å². The van der Waals surface area contributed by atoms with E-state index in [4.69, 9.17) is 4.42 Å². The van der Waals surface area contributed by atoms with E-state index in [2.05, 4.69) is 0 Å². The van der Waals surface area contributed by atoms with Crippen molar-refractivity contribution in [1.29, 1.82) is 0 Å². The van der Waals surface area contributed by atoms with Gasteiger partial charge in [-0.3, -0.25) is 9.36 Å². The van der Waals surface area contributed by atoms with Gasteiger partial charge in [0.2, 0.25) is 5.58 Å². The highest BCUT2D eigenvalue weighted by Crippen LogP contribution is 2.25. The van der Waals surface area contributed by atoms with Crippen molar-refractivity contribution in [2.45, 2.75) is 6.54 Å². The van der Waals surface area contributed by atoms with Crippen LogP contribution >= 0.6 is 0 Å². The average molecular weight is 334 g/mol. The summed E-state index contributed by atoms with van der Waals surface area (Å²) in [6, 6.07) is 16.7. The Morgan fingerprint density at radius 1 is 1.00 bits per heavy atom. The molecule has 0 radical (unpaired) electrons. The van der Waals surface area contributed by atoms with Crippen LogP contribution in [0.1, 0.15) is 5.56 Å². The summed E-state index contributed by atoms with van der Waals surface area (Å²) in [6.45, 7) is 0.189. The van der Waals surface area contributed by atoms with E-state index in [1.807, 2.05) is 36.4 Å². The molecule has 2 aromatic heterocycles. The number of aromatic nitrogens is 2. The maximum absolute atomic E-state index is 12.4. The summed E-state index contributed by atoms with van der Waals surface area (Å²) in [4.78, 5) is 24.5. The standard InChI is InChI=1S/C19H14N2O4/c22-18-17-16(14-10-4-5-11-15(14)25-17)20(19(23)21(18)24)12-6-9-13-7-2-1-3-8-13/h1-11,24H,12H2. The maximum Gasteiger partial charge on any atom is 0.365 e. The van der Waals surface area contributed by atoms with Gasteiger partial charge in [0.15, 0.2) is 0 Å². The molecular weight excluding hydrogens is 320 g/mol. The fourth-order valence-electron chi connectivity index (χ4n) is 2.87. The Bertz CT molecular complexity index is 1210. The summed E-state index contributed by atoms with van der Waals surface area (Å²) in [6.07, 6.45) is 3.66. The van der Waals surface area contributed by atoms with E-state index >= 15 is 0 Å². The Morgan fingerprint density at radius 2 is 1.72 bits per heavy atom. The lowest BCUT2D eigenvalue weighted by molar-refractivity contribution is 0.157. The molecule has 2 aromatic carbocycles. The number of hydrogen-bond donors (Lipinski definition) is 1. The average Bonchev–Trinajstić information content (AvgIpc) is 3.03. The Hall–Kier alpha value is -3.54. The van der Waals surface area contributed by atoms with Crippen LogP contribution in [0.25, 0.3) is 28.1 Å². The second kappa shape index (κ2) is 5.83. The number of rotatable bonds is 3. The number of para-hydroxylation sites is 1. The minimum atomic E-state index is -0.862. The third kappa shape index (κ3) is 2.44. The monoisotopic (exact) mass is 334 g/mol. The molecule has 0 unspecified atom stereocenters. The van der Waals surface area contributed by atoms with E-state index in [1.165, 1.54) is 4.57 Å². The molecule has 2 heterocycles. The minimum absolute atomic E-state index is 0.0450. The summed E-state index contributed by atoms with van der Waals surface area (Å²) in [5, 5.41) is 10.5. The molecule has 25 heavy (non-hydrogen) atoms. The molecule has 6 heteroatoms. The molecule has 0 bridgehead atoms. The SMILES string of the molecule is O=c1c2oc3ccccc3c2n(CC=Cc2ccccc2)c(=O)n1O. The Morgan fingerprint density at radius 3 is 2.52 bits per heavy atom. The van der Waals surface area contributed by atoms with Gasteiger partial charge in [-0.1, -0.05) is 59.3 Å². The predicted molar refractivity (Wildman–Crippen MR) is 94.9 cm³/mol. The van der Waals surface area contributed by atoms with Gasteiger partial charge in [-0.05, 0) is 17.7 Å². The molecule has 0 atom stereocenters. The molecule has 0 fully saturated rings. The molecule has 0 saturated heterocycles. The van der Waals surface area contributed by atoms with Gasteiger partial charge in [0.1, 0.15) is 11.1 Å². The molecule has 0 saturated carbocycles. The van der Waals surface area contributed by atoms with Gasteiger partial charge < -0.3 is 9.62 Å². The molecule has 4 aromatic rings. The van der Waals surface area contributed by atoms with Gasteiger partial charge >= 0.3 is 11.2 Å². The van der Waals surface area contributed by atoms with Crippen LogP contribution < -0.4 is 11.2 Å². The lowest BCUT2D eigenvalue weighted by Crippen LogP contribution is -2.38. The fourth-order valence-corrected chi connectivity index (χ4v) is 2.87. The first kappa shape index (κ1) is 15.0. The Kier molecular flexibility index (Phi) is 3.50. The number of furan rings is 1. The van der Waals surface area contributed by atoms with E-state index in [9.17, 15) is 14.8 Å². The van der Waals surface area contributed by atoms with Crippen molar-refractivity contribution in [3.63, 3.8) is 0 Å². The van der Waals surface area contributed by atoms with Gasteiger partial charge in [0, 0.05) is 11.9 Å². The number of hydrogen-bond acceptors (Lipinski definition) is 4. The zero-order chi connectivity index (χ0) is 17.4. The molecule has 0 amide bonds. The molecular formula is C19H14N2O4. The molecule has 1 N–H and O–H groups in total. The first-order valence-electron chi connectivity index (χ1n) is 7.75. The second-order valence-electron chi connectivity index (χ2n) is 5.60. The van der Waals surface area contributed by atoms with Gasteiger partial charge in [-0.15, -0.1) is 0 Å². The third-order valence-electron chi connectivity index (χ3n) is 4.04. The quantitative estimate of drug-likeness (QED) is 0.585. The van der Waals surface area contributed by atoms with Crippen molar-refractivity contribution in [1.82, 2.24) is 9.30 Å². The van der Waals surface area contributed by atoms with E-state index in [-0.39, 0.29) is 16.9 Å². The normalized spacial score (nSPS) is 11.7. The summed E-state index contributed by atoms with van der Waals surface area (Å²) >= 11 is 0. The van der Waals surface area contributed by atoms with Crippen molar-refractivity contribution < 1.29 is 9.62 Å². The highest BCUT2D eigenvalue weighted by Gasteiger charge is 2.18. The summed E-state index contributed by atoms with van der Waals surface area (Å²) < 4.78 is 6.95. The fraction of sp³-hybridized carbons (Fsp3) is 0.0526. The topological polar surface area (TPSA) is 77.4 Å². The zero-order valence-electron chi connectivity index (χ0n) is 13.1. The van der Waals surface area contributed by atoms with E-state index < -0.39 is 11.2 Å². The molecule has 6 nitrogen and oxygen atoms in total. The van der Waals surface area contributed by atoms with Gasteiger partial charge in [-0.25, -0.2) is 4.79 Å². The van der Waals surface area contributed by atoms with Crippen LogP contribution in [0, 0.1) is 0 Å². The van der Waals surface area contributed by atoms with Crippen LogP contribution in [0.2, 0.25) is 0 Å². The summed E-state index contributed by atoms with van der Waals surface area (Å²) in [5.74, 6) is 0. The van der Waals surface area contributed by atoms with Crippen LogP contribution in [0.5, 0.6) is 0 Å². The van der Waals surface area contributed by atoms with E-state index in [1.54, 1.807) is 30.3 Å². The van der Waals surface area contributed by atoms with Crippen molar-refractivity contribution in [3.8, 4) is 0 Å². The number of fused-ring (bicyclic) bond motifs is 3. The molecule has 0 spiro atoms. The lowest BCUT2D eigenvalue weighted by atomic mass is 10.2. The first-order chi connectivity index (χ1) is 12.2. The van der Waals surface area contributed by atoms with E-state index in [0.717, 1.165) is 5.56 Å². The Labute approximate surface area is 141 Å².